The number of nitrogens with zero attached hydrogens (tertiary/aromatic N) is 1. The number of amides is 1. The van der Waals surface area contributed by atoms with Crippen LogP contribution in [0.2, 0.25) is 0 Å². The quantitative estimate of drug-likeness (QED) is 0.918. The monoisotopic (exact) mass is 306 g/mol. The van der Waals surface area contributed by atoms with Crippen LogP contribution in [-0.2, 0) is 4.79 Å². The summed E-state index contributed by atoms with van der Waals surface area (Å²) in [5.41, 5.74) is -0.405. The zero-order chi connectivity index (χ0) is 15.0. The molecule has 2 fully saturated rings. The van der Waals surface area contributed by atoms with Gasteiger partial charge in [-0.05, 0) is 56.4 Å². The Labute approximate surface area is 131 Å². The molecule has 0 aromatic carbocycles. The van der Waals surface area contributed by atoms with Crippen molar-refractivity contribution in [2.75, 3.05) is 0 Å². The van der Waals surface area contributed by atoms with E-state index in [4.69, 9.17) is 0 Å². The molecule has 1 aliphatic heterocycles. The molecule has 4 heteroatoms. The second kappa shape index (κ2) is 5.73. The Balaban J connectivity index is 1.88. The largest absolute Gasteiger partial charge is 0.317 e. The first-order valence-electron chi connectivity index (χ1n) is 8.19. The fraction of sp³-hybridized carbons (Fsp3) is 0.706. The van der Waals surface area contributed by atoms with E-state index >= 15 is 0 Å². The number of hydrogen-bond donors (Lipinski definition) is 1. The summed E-state index contributed by atoms with van der Waals surface area (Å²) < 4.78 is 0. The Kier molecular flexibility index (Phi) is 4.10. The summed E-state index contributed by atoms with van der Waals surface area (Å²) in [6.07, 6.45) is 5.70. The predicted octanol–water partition coefficient (Wildman–Crippen LogP) is 3.93. The van der Waals surface area contributed by atoms with Gasteiger partial charge in [0.15, 0.2) is 0 Å². The lowest BCUT2D eigenvalue weighted by atomic mass is 9.86. The summed E-state index contributed by atoms with van der Waals surface area (Å²) in [5, 5.41) is 5.72. The van der Waals surface area contributed by atoms with Crippen molar-refractivity contribution in [3.8, 4) is 0 Å². The first kappa shape index (κ1) is 15.0. The number of thiophene rings is 1. The van der Waals surface area contributed by atoms with Gasteiger partial charge in [0.2, 0.25) is 5.91 Å². The summed E-state index contributed by atoms with van der Waals surface area (Å²) in [5.74, 6) is 1.10. The summed E-state index contributed by atoms with van der Waals surface area (Å²) in [7, 11) is 0. The molecule has 2 heterocycles. The zero-order valence-electron chi connectivity index (χ0n) is 13.3. The molecule has 2 aliphatic rings. The predicted molar refractivity (Wildman–Crippen MR) is 87.2 cm³/mol. The van der Waals surface area contributed by atoms with Gasteiger partial charge in [0.05, 0.1) is 5.54 Å². The Bertz CT molecular complexity index is 493. The van der Waals surface area contributed by atoms with Crippen molar-refractivity contribution in [1.82, 2.24) is 10.2 Å². The van der Waals surface area contributed by atoms with Crippen LogP contribution >= 0.6 is 11.3 Å². The Hall–Kier alpha value is -0.870. The van der Waals surface area contributed by atoms with E-state index in [2.05, 4.69) is 48.5 Å². The molecule has 1 aromatic rings. The van der Waals surface area contributed by atoms with E-state index in [1.54, 1.807) is 11.3 Å². The van der Waals surface area contributed by atoms with Crippen LogP contribution in [0.15, 0.2) is 17.5 Å². The molecule has 1 amide bonds. The SMILES string of the molecule is CCC1(C)NC(c2cccs2)N(C2CCC(C)CC2)C1=O. The molecular formula is C17H26N2OS. The van der Waals surface area contributed by atoms with Gasteiger partial charge in [0.1, 0.15) is 6.17 Å². The molecule has 3 nitrogen and oxygen atoms in total. The zero-order valence-corrected chi connectivity index (χ0v) is 14.1. The fourth-order valence-corrected chi connectivity index (χ4v) is 4.41. The minimum absolute atomic E-state index is 0.0702. The van der Waals surface area contributed by atoms with Crippen LogP contribution in [0.3, 0.4) is 0 Å². The molecule has 21 heavy (non-hydrogen) atoms. The maximum absolute atomic E-state index is 13.0. The first-order chi connectivity index (χ1) is 10.0. The van der Waals surface area contributed by atoms with Gasteiger partial charge in [-0.15, -0.1) is 11.3 Å². The lowest BCUT2D eigenvalue weighted by Gasteiger charge is -2.36. The highest BCUT2D eigenvalue weighted by molar-refractivity contribution is 7.10. The normalized spacial score (nSPS) is 37.2. The standard InChI is InChI=1S/C17H26N2OS/c1-4-17(3)16(20)19(13-9-7-12(2)8-10-13)15(18-17)14-6-5-11-21-14/h5-6,11-13,15,18H,4,7-10H2,1-3H3. The Morgan fingerprint density at radius 3 is 2.67 bits per heavy atom. The minimum Gasteiger partial charge on any atom is -0.317 e. The Morgan fingerprint density at radius 2 is 2.10 bits per heavy atom. The maximum atomic E-state index is 13.0. The highest BCUT2D eigenvalue weighted by Gasteiger charge is 2.50. The average Bonchev–Trinajstić information content (AvgIpc) is 3.09. The molecule has 0 bridgehead atoms. The number of carbonyl (C=O) groups is 1. The molecule has 1 saturated heterocycles. The first-order valence-corrected chi connectivity index (χ1v) is 9.07. The van der Waals surface area contributed by atoms with E-state index in [0.29, 0.717) is 11.9 Å². The van der Waals surface area contributed by atoms with E-state index < -0.39 is 5.54 Å². The molecule has 2 unspecified atom stereocenters. The van der Waals surface area contributed by atoms with Gasteiger partial charge in [-0.2, -0.15) is 0 Å². The van der Waals surface area contributed by atoms with Crippen molar-refractivity contribution in [3.05, 3.63) is 22.4 Å². The van der Waals surface area contributed by atoms with Crippen LogP contribution in [-0.4, -0.2) is 22.4 Å². The minimum atomic E-state index is -0.405. The second-order valence-electron chi connectivity index (χ2n) is 6.87. The third kappa shape index (κ3) is 2.64. The molecule has 2 atom stereocenters. The average molecular weight is 306 g/mol. The topological polar surface area (TPSA) is 32.3 Å². The maximum Gasteiger partial charge on any atom is 0.244 e. The van der Waals surface area contributed by atoms with E-state index in [0.717, 1.165) is 25.2 Å². The molecule has 1 saturated carbocycles. The van der Waals surface area contributed by atoms with Crippen LogP contribution in [0.5, 0.6) is 0 Å². The number of nitrogens with one attached hydrogen (secondary N) is 1. The van der Waals surface area contributed by atoms with Crippen molar-refractivity contribution in [2.24, 2.45) is 5.92 Å². The molecule has 0 radical (unpaired) electrons. The van der Waals surface area contributed by atoms with Gasteiger partial charge < -0.3 is 4.90 Å². The van der Waals surface area contributed by atoms with Gasteiger partial charge in [0.25, 0.3) is 0 Å². The third-order valence-corrected chi connectivity index (χ3v) is 6.26. The molecule has 3 rings (SSSR count). The van der Waals surface area contributed by atoms with Crippen LogP contribution in [0, 0.1) is 5.92 Å². The number of carbonyl (C=O) groups excluding carboxylic acids is 1. The van der Waals surface area contributed by atoms with Gasteiger partial charge in [-0.1, -0.05) is 19.9 Å². The van der Waals surface area contributed by atoms with Crippen molar-refractivity contribution in [2.45, 2.75) is 70.6 Å². The van der Waals surface area contributed by atoms with E-state index in [-0.39, 0.29) is 6.17 Å². The third-order valence-electron chi connectivity index (χ3n) is 5.34. The smallest absolute Gasteiger partial charge is 0.244 e. The molecule has 1 aromatic heterocycles. The molecule has 1 aliphatic carbocycles. The van der Waals surface area contributed by atoms with Crippen LogP contribution in [0.4, 0.5) is 0 Å². The van der Waals surface area contributed by atoms with Gasteiger partial charge >= 0.3 is 0 Å². The molecule has 0 spiro atoms. The van der Waals surface area contributed by atoms with Crippen LogP contribution in [0.1, 0.15) is 63.9 Å². The summed E-state index contributed by atoms with van der Waals surface area (Å²) in [6, 6.07) is 4.63. The van der Waals surface area contributed by atoms with Crippen molar-refractivity contribution < 1.29 is 4.79 Å². The van der Waals surface area contributed by atoms with Crippen molar-refractivity contribution >= 4 is 17.2 Å². The highest BCUT2D eigenvalue weighted by Crippen LogP contribution is 2.40. The van der Waals surface area contributed by atoms with Gasteiger partial charge in [0, 0.05) is 10.9 Å². The van der Waals surface area contributed by atoms with Crippen molar-refractivity contribution in [1.29, 1.82) is 0 Å². The lowest BCUT2D eigenvalue weighted by Crippen LogP contribution is -2.45. The number of rotatable bonds is 3. The van der Waals surface area contributed by atoms with Crippen LogP contribution < -0.4 is 5.32 Å². The second-order valence-corrected chi connectivity index (χ2v) is 7.85. The van der Waals surface area contributed by atoms with Crippen LogP contribution in [0.25, 0.3) is 0 Å². The lowest BCUT2D eigenvalue weighted by molar-refractivity contribution is -0.136. The fourth-order valence-electron chi connectivity index (χ4n) is 3.64. The summed E-state index contributed by atoms with van der Waals surface area (Å²) in [4.78, 5) is 16.4. The highest BCUT2D eigenvalue weighted by atomic mass is 32.1. The molecular weight excluding hydrogens is 280 g/mol. The van der Waals surface area contributed by atoms with Crippen molar-refractivity contribution in [3.63, 3.8) is 0 Å². The van der Waals surface area contributed by atoms with E-state index in [1.165, 1.54) is 17.7 Å². The summed E-state index contributed by atoms with van der Waals surface area (Å²) >= 11 is 1.75. The van der Waals surface area contributed by atoms with E-state index in [9.17, 15) is 4.79 Å². The van der Waals surface area contributed by atoms with Gasteiger partial charge in [-0.3, -0.25) is 10.1 Å². The molecule has 116 valence electrons. The molecule has 1 N–H and O–H groups in total. The number of hydrogen-bond acceptors (Lipinski definition) is 3. The Morgan fingerprint density at radius 1 is 1.38 bits per heavy atom. The summed E-state index contributed by atoms with van der Waals surface area (Å²) in [6.45, 7) is 6.48. The van der Waals surface area contributed by atoms with Gasteiger partial charge in [-0.25, -0.2) is 0 Å². The van der Waals surface area contributed by atoms with E-state index in [1.807, 2.05) is 0 Å².